The number of carbonyl (C=O) groups excluding carboxylic acids is 1. The van der Waals surface area contributed by atoms with E-state index in [0.717, 1.165) is 67.7 Å². The predicted octanol–water partition coefficient (Wildman–Crippen LogP) is 5.31. The van der Waals surface area contributed by atoms with Gasteiger partial charge in [-0.25, -0.2) is 4.98 Å². The molecular weight excluding hydrogens is 456 g/mol. The molecule has 1 fully saturated rings. The third-order valence-corrected chi connectivity index (χ3v) is 8.16. The Morgan fingerprint density at radius 1 is 1.14 bits per heavy atom. The van der Waals surface area contributed by atoms with Crippen molar-refractivity contribution in [3.63, 3.8) is 0 Å². The van der Waals surface area contributed by atoms with Crippen LogP contribution in [0.5, 0.6) is 0 Å². The normalized spacial score (nSPS) is 15.1. The maximum atomic E-state index is 13.3. The minimum atomic E-state index is 0.225. The quantitative estimate of drug-likeness (QED) is 0.305. The largest absolute Gasteiger partial charge is 0.361 e. The number of unbranched alkanes of at least 4 members (excludes halogenated alkanes) is 1. The Hall–Kier alpha value is -3.13. The van der Waals surface area contributed by atoms with Gasteiger partial charge in [-0.1, -0.05) is 49.3 Å². The Morgan fingerprint density at radius 3 is 2.71 bits per heavy atom. The van der Waals surface area contributed by atoms with Gasteiger partial charge in [-0.15, -0.1) is 0 Å². The highest BCUT2D eigenvalue weighted by molar-refractivity contribution is 7.17. The third-order valence-electron chi connectivity index (χ3n) is 7.06. The van der Waals surface area contributed by atoms with E-state index in [1.165, 1.54) is 16.5 Å². The van der Waals surface area contributed by atoms with Crippen molar-refractivity contribution in [2.75, 3.05) is 36.0 Å². The number of anilines is 2. The molecule has 1 aromatic carbocycles. The summed E-state index contributed by atoms with van der Waals surface area (Å²) in [4.78, 5) is 26.7. The molecule has 1 aliphatic rings. The smallest absolute Gasteiger partial charge is 0.186 e. The minimum Gasteiger partial charge on any atom is -0.361 e. The van der Waals surface area contributed by atoms with Crippen molar-refractivity contribution in [3.8, 4) is 0 Å². The molecular formula is C27H34N6OS. The number of fused-ring (bicyclic) bond motifs is 1. The zero-order valence-corrected chi connectivity index (χ0v) is 21.4. The molecule has 0 amide bonds. The van der Waals surface area contributed by atoms with Crippen molar-refractivity contribution in [1.82, 2.24) is 19.7 Å². The van der Waals surface area contributed by atoms with E-state index in [0.29, 0.717) is 12.3 Å². The fourth-order valence-corrected chi connectivity index (χ4v) is 6.00. The molecule has 1 saturated heterocycles. The van der Waals surface area contributed by atoms with Gasteiger partial charge in [-0.3, -0.25) is 9.48 Å². The molecule has 184 valence electrons. The number of Topliss-reactive ketones (excluding diaryl/α,β-unsaturated/α-hetero) is 1. The van der Waals surface area contributed by atoms with E-state index in [-0.39, 0.29) is 5.78 Å². The van der Waals surface area contributed by atoms with E-state index in [2.05, 4.69) is 68.3 Å². The van der Waals surface area contributed by atoms with E-state index in [9.17, 15) is 4.79 Å². The number of piperazine rings is 1. The zero-order chi connectivity index (χ0) is 24.2. The molecule has 1 atom stereocenters. The molecule has 3 aromatic heterocycles. The second-order valence-electron chi connectivity index (χ2n) is 9.49. The summed E-state index contributed by atoms with van der Waals surface area (Å²) in [6.45, 7) is 5.85. The summed E-state index contributed by atoms with van der Waals surface area (Å²) < 4.78 is 1.92. The molecule has 35 heavy (non-hydrogen) atoms. The van der Waals surface area contributed by atoms with Crippen LogP contribution in [0.2, 0.25) is 0 Å². The summed E-state index contributed by atoms with van der Waals surface area (Å²) in [7, 11) is 1.98. The number of benzene rings is 1. The second-order valence-corrected chi connectivity index (χ2v) is 10.5. The fraction of sp³-hybridized carbons (Fsp3) is 0.444. The minimum absolute atomic E-state index is 0.225. The number of ketones is 1. The first-order valence-corrected chi connectivity index (χ1v) is 13.5. The number of carbonyl (C=O) groups is 1. The van der Waals surface area contributed by atoms with Gasteiger partial charge in [0.15, 0.2) is 10.9 Å². The van der Waals surface area contributed by atoms with Gasteiger partial charge in [0.05, 0.1) is 17.3 Å². The summed E-state index contributed by atoms with van der Waals surface area (Å²) in [5.74, 6) is 1.71. The Balaban J connectivity index is 1.21. The van der Waals surface area contributed by atoms with E-state index < -0.39 is 0 Å². The van der Waals surface area contributed by atoms with Crippen LogP contribution in [-0.4, -0.2) is 51.7 Å². The molecule has 0 saturated carbocycles. The van der Waals surface area contributed by atoms with Gasteiger partial charge in [0.2, 0.25) is 0 Å². The van der Waals surface area contributed by atoms with Crippen LogP contribution in [0.15, 0.2) is 48.9 Å². The van der Waals surface area contributed by atoms with Crippen molar-refractivity contribution in [2.24, 2.45) is 13.0 Å². The molecule has 4 heterocycles. The SMILES string of the molecule is CCCCC(CC(=O)c1cnc(N2CCN(c3ccnn3C)CC2)s1)Cc1c[nH]c2ccccc12. The molecule has 5 rings (SSSR count). The Morgan fingerprint density at radius 2 is 1.94 bits per heavy atom. The van der Waals surface area contributed by atoms with Crippen molar-refractivity contribution < 1.29 is 4.79 Å². The number of nitrogens with one attached hydrogen (secondary N) is 1. The number of H-pyrrole nitrogens is 1. The van der Waals surface area contributed by atoms with Gasteiger partial charge < -0.3 is 14.8 Å². The first-order chi connectivity index (χ1) is 17.1. The molecule has 0 radical (unpaired) electrons. The maximum Gasteiger partial charge on any atom is 0.186 e. The van der Waals surface area contributed by atoms with E-state index in [4.69, 9.17) is 0 Å². The number of rotatable bonds is 10. The summed E-state index contributed by atoms with van der Waals surface area (Å²) in [5.41, 5.74) is 2.48. The van der Waals surface area contributed by atoms with Gasteiger partial charge >= 0.3 is 0 Å². The van der Waals surface area contributed by atoms with Crippen molar-refractivity contribution in [1.29, 1.82) is 0 Å². The van der Waals surface area contributed by atoms with Crippen molar-refractivity contribution in [3.05, 3.63) is 59.4 Å². The van der Waals surface area contributed by atoms with Crippen LogP contribution in [-0.2, 0) is 13.5 Å². The van der Waals surface area contributed by atoms with Crippen LogP contribution in [0, 0.1) is 5.92 Å². The summed E-state index contributed by atoms with van der Waals surface area (Å²) >= 11 is 1.55. The number of para-hydroxylation sites is 1. The molecule has 8 heteroatoms. The summed E-state index contributed by atoms with van der Waals surface area (Å²) in [6.07, 6.45) is 10.6. The van der Waals surface area contributed by atoms with E-state index in [1.54, 1.807) is 17.5 Å². The standard InChI is InChI=1S/C27H34N6OS/c1-3-4-7-20(16-21-18-28-23-9-6-5-8-22(21)23)17-24(34)25-19-29-27(35-25)33-14-12-32(13-15-33)26-10-11-30-31(26)2/h5-6,8-11,18-20,28H,3-4,7,12-17H2,1-2H3. The Kier molecular flexibility index (Phi) is 7.18. The highest BCUT2D eigenvalue weighted by Crippen LogP contribution is 2.29. The van der Waals surface area contributed by atoms with E-state index >= 15 is 0 Å². The van der Waals surface area contributed by atoms with Crippen LogP contribution in [0.25, 0.3) is 10.9 Å². The molecule has 4 aromatic rings. The van der Waals surface area contributed by atoms with Crippen molar-refractivity contribution in [2.45, 2.75) is 39.0 Å². The predicted molar refractivity (Wildman–Crippen MR) is 144 cm³/mol. The zero-order valence-electron chi connectivity index (χ0n) is 20.6. The fourth-order valence-electron chi connectivity index (χ4n) is 5.09. The van der Waals surface area contributed by atoms with Gasteiger partial charge in [-0.2, -0.15) is 5.10 Å². The lowest BCUT2D eigenvalue weighted by Gasteiger charge is -2.35. The van der Waals surface area contributed by atoms with Gasteiger partial charge in [0.25, 0.3) is 0 Å². The maximum absolute atomic E-state index is 13.3. The summed E-state index contributed by atoms with van der Waals surface area (Å²) in [5, 5.41) is 6.51. The Bertz CT molecular complexity index is 1270. The molecule has 1 aliphatic heterocycles. The monoisotopic (exact) mass is 490 g/mol. The molecule has 0 bridgehead atoms. The Labute approximate surface area is 210 Å². The molecule has 0 aliphatic carbocycles. The number of aromatic nitrogens is 4. The first kappa shape index (κ1) is 23.6. The van der Waals surface area contributed by atoms with Crippen LogP contribution in [0.4, 0.5) is 10.9 Å². The highest BCUT2D eigenvalue weighted by atomic mass is 32.1. The second kappa shape index (κ2) is 10.6. The summed E-state index contributed by atoms with van der Waals surface area (Å²) in [6, 6.07) is 10.5. The lowest BCUT2D eigenvalue weighted by atomic mass is 9.89. The number of aryl methyl sites for hydroxylation is 1. The van der Waals surface area contributed by atoms with Crippen LogP contribution >= 0.6 is 11.3 Å². The molecule has 7 nitrogen and oxygen atoms in total. The van der Waals surface area contributed by atoms with Gasteiger partial charge in [0.1, 0.15) is 5.82 Å². The number of nitrogens with zero attached hydrogens (tertiary/aromatic N) is 5. The topological polar surface area (TPSA) is 70.1 Å². The van der Waals surface area contributed by atoms with Crippen LogP contribution in [0.3, 0.4) is 0 Å². The van der Waals surface area contributed by atoms with Crippen LogP contribution in [0.1, 0.15) is 47.8 Å². The number of thiazole rings is 1. The van der Waals surface area contributed by atoms with Crippen molar-refractivity contribution >= 4 is 39.0 Å². The average molecular weight is 491 g/mol. The van der Waals surface area contributed by atoms with Gasteiger partial charge in [0, 0.05) is 62.8 Å². The molecule has 1 N–H and O–H groups in total. The number of hydrogen-bond donors (Lipinski definition) is 1. The lowest BCUT2D eigenvalue weighted by Crippen LogP contribution is -2.47. The molecule has 0 spiro atoms. The first-order valence-electron chi connectivity index (χ1n) is 12.6. The number of hydrogen-bond acceptors (Lipinski definition) is 6. The lowest BCUT2D eigenvalue weighted by molar-refractivity contribution is 0.0962. The molecule has 1 unspecified atom stereocenters. The third kappa shape index (κ3) is 5.27. The van der Waals surface area contributed by atoms with E-state index in [1.807, 2.05) is 17.9 Å². The highest BCUT2D eigenvalue weighted by Gasteiger charge is 2.23. The number of aromatic amines is 1. The average Bonchev–Trinajstić information content (AvgIpc) is 3.63. The van der Waals surface area contributed by atoms with Gasteiger partial charge in [-0.05, 0) is 30.4 Å². The van der Waals surface area contributed by atoms with Crippen LogP contribution < -0.4 is 9.80 Å².